The molecule has 1 amide bonds. The van der Waals surface area contributed by atoms with Crippen LogP contribution in [0.3, 0.4) is 0 Å². The molecule has 0 spiro atoms. The summed E-state index contributed by atoms with van der Waals surface area (Å²) in [6, 6.07) is 10.3. The van der Waals surface area contributed by atoms with Crippen molar-refractivity contribution in [1.29, 1.82) is 0 Å². The number of carbonyl (C=O) groups excluding carboxylic acids is 1. The molecular formula is C15H16N4O3. The summed E-state index contributed by atoms with van der Waals surface area (Å²) in [5.74, 6) is -0.365. The molecule has 1 aromatic heterocycles. The van der Waals surface area contributed by atoms with Crippen molar-refractivity contribution in [2.45, 2.75) is 0 Å². The molecule has 0 bridgehead atoms. The first-order valence-electron chi connectivity index (χ1n) is 7.02. The van der Waals surface area contributed by atoms with Crippen LogP contribution in [0.2, 0.25) is 0 Å². The van der Waals surface area contributed by atoms with Crippen LogP contribution in [0, 0.1) is 0 Å². The zero-order valence-electron chi connectivity index (χ0n) is 11.9. The van der Waals surface area contributed by atoms with Crippen LogP contribution in [0.1, 0.15) is 10.5 Å². The lowest BCUT2D eigenvalue weighted by Crippen LogP contribution is -2.36. The molecule has 1 aliphatic rings. The second-order valence-corrected chi connectivity index (χ2v) is 4.91. The molecule has 1 fully saturated rings. The highest BCUT2D eigenvalue weighted by Gasteiger charge is 2.13. The zero-order valence-corrected chi connectivity index (χ0v) is 11.9. The number of aromatic nitrogens is 2. The molecule has 7 nitrogen and oxygen atoms in total. The molecule has 0 aliphatic carbocycles. The molecule has 114 valence electrons. The molecule has 0 atom stereocenters. The van der Waals surface area contributed by atoms with Crippen LogP contribution in [0.15, 0.2) is 41.2 Å². The van der Waals surface area contributed by atoms with Gasteiger partial charge in [0.1, 0.15) is 5.69 Å². The van der Waals surface area contributed by atoms with Crippen molar-refractivity contribution in [3.8, 4) is 0 Å². The summed E-state index contributed by atoms with van der Waals surface area (Å²) in [7, 11) is 0. The Kier molecular flexibility index (Phi) is 4.15. The number of rotatable bonds is 3. The van der Waals surface area contributed by atoms with Crippen molar-refractivity contribution >= 4 is 17.3 Å². The first-order valence-corrected chi connectivity index (χ1v) is 7.02. The lowest BCUT2D eigenvalue weighted by atomic mass is 10.2. The Bertz CT molecular complexity index is 702. The number of morpholine rings is 1. The van der Waals surface area contributed by atoms with E-state index in [1.54, 1.807) is 0 Å². The predicted molar refractivity (Wildman–Crippen MR) is 82.3 cm³/mol. The molecule has 7 heteroatoms. The van der Waals surface area contributed by atoms with E-state index in [0.717, 1.165) is 18.8 Å². The van der Waals surface area contributed by atoms with Gasteiger partial charge in [-0.3, -0.25) is 9.59 Å². The number of H-pyrrole nitrogens is 1. The Labute approximate surface area is 126 Å². The summed E-state index contributed by atoms with van der Waals surface area (Å²) in [4.78, 5) is 25.2. The molecule has 22 heavy (non-hydrogen) atoms. The van der Waals surface area contributed by atoms with Gasteiger partial charge in [-0.2, -0.15) is 5.10 Å². The molecule has 2 heterocycles. The first kappa shape index (κ1) is 14.3. The van der Waals surface area contributed by atoms with Gasteiger partial charge in [0.15, 0.2) is 0 Å². The largest absolute Gasteiger partial charge is 0.378 e. The zero-order chi connectivity index (χ0) is 15.4. The van der Waals surface area contributed by atoms with Gasteiger partial charge in [-0.15, -0.1) is 0 Å². The SMILES string of the molecule is O=C(Nc1cccc(N2CCOCC2)c1)c1ccc(=O)[nH]n1. The molecule has 0 saturated carbocycles. The van der Waals surface area contributed by atoms with Crippen LogP contribution in [-0.4, -0.2) is 42.4 Å². The maximum absolute atomic E-state index is 12.1. The maximum atomic E-state index is 12.1. The number of aromatic amines is 1. The summed E-state index contributed by atoms with van der Waals surface area (Å²) >= 11 is 0. The van der Waals surface area contributed by atoms with Gasteiger partial charge in [0.25, 0.3) is 11.5 Å². The van der Waals surface area contributed by atoms with E-state index in [1.807, 2.05) is 24.3 Å². The average Bonchev–Trinajstić information content (AvgIpc) is 2.56. The number of nitrogens with zero attached hydrogens (tertiary/aromatic N) is 2. The summed E-state index contributed by atoms with van der Waals surface area (Å²) in [5, 5.41) is 8.73. The molecule has 0 radical (unpaired) electrons. The van der Waals surface area contributed by atoms with Crippen LogP contribution in [-0.2, 0) is 4.74 Å². The summed E-state index contributed by atoms with van der Waals surface area (Å²) < 4.78 is 5.33. The Morgan fingerprint density at radius 1 is 1.23 bits per heavy atom. The van der Waals surface area contributed by atoms with E-state index in [-0.39, 0.29) is 17.2 Å². The number of carbonyl (C=O) groups is 1. The van der Waals surface area contributed by atoms with Gasteiger partial charge in [-0.25, -0.2) is 5.10 Å². The molecular weight excluding hydrogens is 284 g/mol. The van der Waals surface area contributed by atoms with Gasteiger partial charge in [0.05, 0.1) is 13.2 Å². The Morgan fingerprint density at radius 2 is 2.05 bits per heavy atom. The molecule has 1 saturated heterocycles. The van der Waals surface area contributed by atoms with Gasteiger partial charge in [0, 0.05) is 30.5 Å². The fraction of sp³-hybridized carbons (Fsp3) is 0.267. The number of ether oxygens (including phenoxy) is 1. The van der Waals surface area contributed by atoms with Crippen molar-refractivity contribution in [2.75, 3.05) is 36.5 Å². The smallest absolute Gasteiger partial charge is 0.276 e. The summed E-state index contributed by atoms with van der Waals surface area (Å²) in [6.45, 7) is 3.08. The minimum absolute atomic E-state index is 0.163. The molecule has 2 aromatic rings. The normalized spacial score (nSPS) is 14.6. The van der Waals surface area contributed by atoms with Crippen molar-refractivity contribution in [3.63, 3.8) is 0 Å². The summed E-state index contributed by atoms with van der Waals surface area (Å²) in [6.07, 6.45) is 0. The van der Waals surface area contributed by atoms with Gasteiger partial charge in [-0.05, 0) is 24.3 Å². The van der Waals surface area contributed by atoms with Crippen LogP contribution in [0.4, 0.5) is 11.4 Å². The van der Waals surface area contributed by atoms with Gasteiger partial charge < -0.3 is 15.0 Å². The Hall–Kier alpha value is -2.67. The third-order valence-corrected chi connectivity index (χ3v) is 3.39. The van der Waals surface area contributed by atoms with E-state index < -0.39 is 0 Å². The fourth-order valence-corrected chi connectivity index (χ4v) is 2.27. The highest BCUT2D eigenvalue weighted by molar-refractivity contribution is 6.02. The van der Waals surface area contributed by atoms with Crippen molar-refractivity contribution in [2.24, 2.45) is 0 Å². The van der Waals surface area contributed by atoms with Crippen LogP contribution >= 0.6 is 0 Å². The molecule has 1 aromatic carbocycles. The number of amides is 1. The molecule has 2 N–H and O–H groups in total. The number of hydrogen-bond acceptors (Lipinski definition) is 5. The number of nitrogens with one attached hydrogen (secondary N) is 2. The summed E-state index contributed by atoms with van der Waals surface area (Å²) in [5.41, 5.74) is 1.54. The molecule has 0 unspecified atom stereocenters. The van der Waals surface area contributed by atoms with Crippen LogP contribution < -0.4 is 15.8 Å². The second kappa shape index (κ2) is 6.40. The Morgan fingerprint density at radius 3 is 2.77 bits per heavy atom. The molecule has 3 rings (SSSR count). The second-order valence-electron chi connectivity index (χ2n) is 4.91. The maximum Gasteiger partial charge on any atom is 0.276 e. The van der Waals surface area contributed by atoms with Gasteiger partial charge in [-0.1, -0.05) is 6.07 Å². The van der Waals surface area contributed by atoms with Crippen LogP contribution in [0.5, 0.6) is 0 Å². The highest BCUT2D eigenvalue weighted by atomic mass is 16.5. The fourth-order valence-electron chi connectivity index (χ4n) is 2.27. The topological polar surface area (TPSA) is 87.3 Å². The lowest BCUT2D eigenvalue weighted by Gasteiger charge is -2.29. The first-order chi connectivity index (χ1) is 10.7. The highest BCUT2D eigenvalue weighted by Crippen LogP contribution is 2.20. The van der Waals surface area contributed by atoms with E-state index >= 15 is 0 Å². The minimum Gasteiger partial charge on any atom is -0.378 e. The predicted octanol–water partition coefficient (Wildman–Crippen LogP) is 0.859. The van der Waals surface area contributed by atoms with E-state index in [0.29, 0.717) is 18.9 Å². The Balaban J connectivity index is 1.73. The number of hydrogen-bond donors (Lipinski definition) is 2. The third-order valence-electron chi connectivity index (χ3n) is 3.39. The van der Waals surface area contributed by atoms with E-state index in [1.165, 1.54) is 12.1 Å². The number of benzene rings is 1. The van der Waals surface area contributed by atoms with E-state index in [9.17, 15) is 9.59 Å². The standard InChI is InChI=1S/C15H16N4O3/c20-14-5-4-13(17-18-14)15(21)16-11-2-1-3-12(10-11)19-6-8-22-9-7-19/h1-5,10H,6-9H2,(H,16,21)(H,18,20). The van der Waals surface area contributed by atoms with E-state index in [4.69, 9.17) is 4.74 Å². The van der Waals surface area contributed by atoms with Crippen molar-refractivity contribution < 1.29 is 9.53 Å². The lowest BCUT2D eigenvalue weighted by molar-refractivity contribution is 0.102. The van der Waals surface area contributed by atoms with Gasteiger partial charge >= 0.3 is 0 Å². The average molecular weight is 300 g/mol. The molecule has 1 aliphatic heterocycles. The van der Waals surface area contributed by atoms with E-state index in [2.05, 4.69) is 20.4 Å². The quantitative estimate of drug-likeness (QED) is 0.878. The van der Waals surface area contributed by atoms with Crippen LogP contribution in [0.25, 0.3) is 0 Å². The van der Waals surface area contributed by atoms with Gasteiger partial charge in [0.2, 0.25) is 0 Å². The third kappa shape index (κ3) is 3.32. The monoisotopic (exact) mass is 300 g/mol. The van der Waals surface area contributed by atoms with Crippen molar-refractivity contribution in [1.82, 2.24) is 10.2 Å². The minimum atomic E-state index is -0.365. The number of anilines is 2. The van der Waals surface area contributed by atoms with Crippen molar-refractivity contribution in [3.05, 3.63) is 52.4 Å².